The number of carboxylic acid groups (broad SMARTS) is 1. The Morgan fingerprint density at radius 2 is 1.18 bits per heavy atom. The number of ether oxygens (including phenoxy) is 4. The van der Waals surface area contributed by atoms with Gasteiger partial charge in [-0.05, 0) is 45.4 Å². The number of nitrogens with two attached hydrogens (primary N) is 1. The number of cyclic esters (lactones) is 1. The highest BCUT2D eigenvalue weighted by Gasteiger charge is 2.45. The maximum atomic E-state index is 12.6. The van der Waals surface area contributed by atoms with Crippen LogP contribution >= 0.6 is 0 Å². The van der Waals surface area contributed by atoms with Crippen LogP contribution in [0.5, 0.6) is 0 Å². The number of allylic oxidation sites excluding steroid dienone is 12. The van der Waals surface area contributed by atoms with Crippen LogP contribution in [-0.4, -0.2) is 150 Å². The van der Waals surface area contributed by atoms with E-state index < -0.39 is 116 Å². The van der Waals surface area contributed by atoms with Crippen molar-refractivity contribution >= 4 is 11.9 Å². The molecule has 2 fully saturated rings. The van der Waals surface area contributed by atoms with Crippen LogP contribution in [0.1, 0.15) is 93.4 Å². The fourth-order valence-electron chi connectivity index (χ4n) is 8.04. The van der Waals surface area contributed by atoms with Crippen molar-refractivity contribution in [2.45, 2.75) is 185 Å². The molecule has 16 nitrogen and oxygen atoms in total. The van der Waals surface area contributed by atoms with Gasteiger partial charge in [-0.25, -0.2) is 0 Å². The van der Waals surface area contributed by atoms with E-state index in [0.717, 1.165) is 0 Å². The minimum atomic E-state index is -1.43. The molecule has 6 unspecified atom stereocenters. The summed E-state index contributed by atoms with van der Waals surface area (Å²) < 4.78 is 23.9. The number of hydrogen-bond acceptors (Lipinski definition) is 15. The summed E-state index contributed by atoms with van der Waals surface area (Å²) in [4.78, 5) is 25.1. The Balaban J connectivity index is 0.0000145. The number of fused-ring (bicyclic) bond motifs is 2. The monoisotopic (exact) mass is 922 g/mol. The Morgan fingerprint density at radius 1 is 0.615 bits per heavy atom. The van der Waals surface area contributed by atoms with Crippen LogP contribution in [0.15, 0.2) is 85.1 Å². The summed E-state index contributed by atoms with van der Waals surface area (Å²) in [5, 5.41) is 96.5. The molecule has 19 atom stereocenters. The van der Waals surface area contributed by atoms with E-state index in [0.29, 0.717) is 0 Å². The zero-order valence-electron chi connectivity index (χ0n) is 37.8. The van der Waals surface area contributed by atoms with Gasteiger partial charge >= 0.3 is 11.9 Å². The van der Waals surface area contributed by atoms with Gasteiger partial charge in [-0.3, -0.25) is 9.59 Å². The summed E-state index contributed by atoms with van der Waals surface area (Å²) in [7, 11) is 0. The lowest BCUT2D eigenvalue weighted by Gasteiger charge is -2.43. The van der Waals surface area contributed by atoms with Gasteiger partial charge in [0, 0.05) is 37.1 Å². The lowest BCUT2D eigenvalue weighted by Crippen LogP contribution is -2.58. The summed E-state index contributed by atoms with van der Waals surface area (Å²) in [5.41, 5.74) is 6.28. The predicted molar refractivity (Wildman–Crippen MR) is 246 cm³/mol. The van der Waals surface area contributed by atoms with Crippen molar-refractivity contribution < 1.29 is 74.5 Å². The second kappa shape index (κ2) is 29.4. The first-order valence-corrected chi connectivity index (χ1v) is 22.6. The van der Waals surface area contributed by atoms with E-state index in [-0.39, 0.29) is 70.3 Å². The molecule has 0 amide bonds. The number of esters is 1. The van der Waals surface area contributed by atoms with E-state index >= 15 is 0 Å². The van der Waals surface area contributed by atoms with Gasteiger partial charge in [-0.2, -0.15) is 0 Å². The number of carbonyl (C=O) groups excluding carboxylic acids is 1. The minimum absolute atomic E-state index is 0. The Morgan fingerprint density at radius 3 is 1.77 bits per heavy atom. The minimum Gasteiger partial charge on any atom is -0.481 e. The summed E-state index contributed by atoms with van der Waals surface area (Å²) in [6, 6.07) is -0.658. The molecule has 3 rings (SSSR count). The fraction of sp³-hybridized carbons (Fsp3) is 0.673. The van der Waals surface area contributed by atoms with E-state index in [1.54, 1.807) is 44.2 Å². The zero-order valence-corrected chi connectivity index (χ0v) is 37.8. The van der Waals surface area contributed by atoms with Gasteiger partial charge in [0.05, 0.1) is 73.6 Å². The average molecular weight is 922 g/mol. The van der Waals surface area contributed by atoms with Crippen LogP contribution in [0.25, 0.3) is 0 Å². The third-order valence-corrected chi connectivity index (χ3v) is 12.4. The zero-order chi connectivity index (χ0) is 47.5. The van der Waals surface area contributed by atoms with E-state index in [2.05, 4.69) is 0 Å². The topological polar surface area (TPSA) is 279 Å². The largest absolute Gasteiger partial charge is 0.481 e. The molecule has 0 aromatic heterocycles. The highest BCUT2D eigenvalue weighted by molar-refractivity contribution is 5.71. The van der Waals surface area contributed by atoms with Crippen LogP contribution in [0.3, 0.4) is 0 Å². The quantitative estimate of drug-likeness (QED) is 0.182. The second-order valence-corrected chi connectivity index (χ2v) is 17.7. The lowest BCUT2D eigenvalue weighted by molar-refractivity contribution is -0.269. The number of aliphatic carboxylic acids is 1. The molecule has 3 aliphatic rings. The Hall–Kier alpha value is -3.36. The van der Waals surface area contributed by atoms with Crippen molar-refractivity contribution in [2.75, 3.05) is 0 Å². The number of aliphatic hydroxyl groups excluding tert-OH is 8. The first kappa shape index (κ1) is 57.8. The highest BCUT2D eigenvalue weighted by Crippen LogP contribution is 2.34. The highest BCUT2D eigenvalue weighted by atomic mass is 16.7. The SMILES string of the molecule is C.CC1OC(O[C@H]2/C=C/C=C/C=C/C=C/C=C/C=C/C=C/[C@H](C)[C@@H](O)[C@@H](C)[C@H](C)OC(=O)C[C@H](O)C[C@H](O)CC[C@@H](O)[C@H](O)C[C@H](O)C[C@@H]3C[C@H](O)[C@@H](C(=O)O)C(C2)O3)C(O)C(N)C1C. The molecule has 11 N–H and O–H groups in total. The molecule has 0 saturated carbocycles. The molecule has 16 heteroatoms. The van der Waals surface area contributed by atoms with Gasteiger partial charge in [0.15, 0.2) is 6.29 Å². The molecular formula is C49H79NO15. The first-order valence-electron chi connectivity index (χ1n) is 22.6. The Kier molecular flexibility index (Phi) is 26.1. The van der Waals surface area contributed by atoms with Gasteiger partial charge in [0.1, 0.15) is 18.1 Å². The van der Waals surface area contributed by atoms with Crippen LogP contribution in [0.2, 0.25) is 0 Å². The van der Waals surface area contributed by atoms with E-state index in [9.17, 15) is 55.5 Å². The first-order chi connectivity index (χ1) is 30.3. The maximum Gasteiger partial charge on any atom is 0.311 e. The molecule has 0 radical (unpaired) electrons. The summed E-state index contributed by atoms with van der Waals surface area (Å²) in [6.45, 7) is 8.93. The van der Waals surface area contributed by atoms with Gasteiger partial charge in [-0.15, -0.1) is 0 Å². The van der Waals surface area contributed by atoms with Crippen molar-refractivity contribution in [1.82, 2.24) is 0 Å². The van der Waals surface area contributed by atoms with Crippen LogP contribution in [0.4, 0.5) is 0 Å². The fourth-order valence-corrected chi connectivity index (χ4v) is 8.04. The molecule has 0 spiro atoms. The molecule has 65 heavy (non-hydrogen) atoms. The molecule has 2 bridgehead atoms. The summed E-state index contributed by atoms with van der Waals surface area (Å²) >= 11 is 0. The van der Waals surface area contributed by atoms with Crippen molar-refractivity contribution in [2.24, 2.45) is 29.4 Å². The smallest absolute Gasteiger partial charge is 0.311 e. The molecule has 3 aliphatic heterocycles. The van der Waals surface area contributed by atoms with Crippen LogP contribution < -0.4 is 5.73 Å². The van der Waals surface area contributed by atoms with Crippen molar-refractivity contribution in [3.63, 3.8) is 0 Å². The maximum absolute atomic E-state index is 12.6. The van der Waals surface area contributed by atoms with Gasteiger partial charge in [0.2, 0.25) is 0 Å². The van der Waals surface area contributed by atoms with Crippen LogP contribution in [-0.2, 0) is 28.5 Å². The molecule has 0 aliphatic carbocycles. The number of carbonyl (C=O) groups is 2. The third kappa shape index (κ3) is 19.8. The Labute approximate surface area is 385 Å². The van der Waals surface area contributed by atoms with E-state index in [1.165, 1.54) is 0 Å². The van der Waals surface area contributed by atoms with Crippen molar-refractivity contribution in [1.29, 1.82) is 0 Å². The molecule has 0 aromatic carbocycles. The number of rotatable bonds is 3. The Bertz CT molecular complexity index is 1610. The second-order valence-electron chi connectivity index (χ2n) is 17.7. The van der Waals surface area contributed by atoms with Crippen molar-refractivity contribution in [3.8, 4) is 0 Å². The lowest BCUT2D eigenvalue weighted by atomic mass is 9.84. The van der Waals surface area contributed by atoms with E-state index in [1.807, 2.05) is 75.5 Å². The molecule has 370 valence electrons. The predicted octanol–water partition coefficient (Wildman–Crippen LogP) is 3.30. The third-order valence-electron chi connectivity index (χ3n) is 12.4. The molecule has 0 aromatic rings. The number of hydrogen-bond donors (Lipinski definition) is 10. The molecule has 2 saturated heterocycles. The number of carboxylic acids is 1. The van der Waals surface area contributed by atoms with Crippen molar-refractivity contribution in [3.05, 3.63) is 85.1 Å². The molecule has 3 heterocycles. The summed E-state index contributed by atoms with van der Waals surface area (Å²) in [5.74, 6) is -4.23. The number of aliphatic hydroxyl groups is 8. The van der Waals surface area contributed by atoms with E-state index in [4.69, 9.17) is 24.7 Å². The standard InChI is InChI=1S/C48H75NO15.CH4/c1-28-18-16-14-12-10-8-6-7-9-11-13-15-17-19-36(64-48-46(58)44(49)29(2)31(4)62-48)27-41-43(47(59)60)40(55)26-37(63-41)23-35(52)24-39(54)38(53)21-20-33(50)22-34(51)25-42(56)61-32(5)30(3)45(28)57;/h6-19,28-41,43-46,48,50-55,57-58H,20-27,49H2,1-5H3,(H,59,60);1H4/b7-6+,10-8+,11-9+,14-12+,15-13+,18-16+,19-17+;/t28-,29?,30-,31?,32-,33+,34+,35+,36-,37+,38+,39+,40-,41?,43+,44?,45+,46?,48?;/m0./s1. The molecular weight excluding hydrogens is 843 g/mol. The van der Waals surface area contributed by atoms with Crippen LogP contribution in [0, 0.1) is 23.7 Å². The summed E-state index contributed by atoms with van der Waals surface area (Å²) in [6.07, 6.45) is 8.84. The normalized spacial score (nSPS) is 44.2. The van der Waals surface area contributed by atoms with Gasteiger partial charge < -0.3 is 70.6 Å². The van der Waals surface area contributed by atoms with Gasteiger partial charge in [-0.1, -0.05) is 113 Å². The average Bonchev–Trinajstić information content (AvgIpc) is 3.22. The van der Waals surface area contributed by atoms with Gasteiger partial charge in [0.25, 0.3) is 0 Å².